The number of hydrogen-bond acceptors (Lipinski definition) is 6. The third kappa shape index (κ3) is 9.18. The number of pyridine rings is 1. The number of nitrogens with one attached hydrogen (secondary N) is 2. The van der Waals surface area contributed by atoms with Crippen LogP contribution >= 0.6 is 48.0 Å². The van der Waals surface area contributed by atoms with Crippen molar-refractivity contribution in [2.45, 2.75) is 13.5 Å². The van der Waals surface area contributed by atoms with Gasteiger partial charge in [0.25, 0.3) is 5.91 Å². The van der Waals surface area contributed by atoms with Crippen LogP contribution in [0.25, 0.3) is 10.9 Å². The third-order valence-corrected chi connectivity index (χ3v) is 8.43. The Labute approximate surface area is 296 Å². The van der Waals surface area contributed by atoms with E-state index in [0.29, 0.717) is 46.4 Å². The highest BCUT2D eigenvalue weighted by molar-refractivity contribution is 6.38. The van der Waals surface area contributed by atoms with Gasteiger partial charge in [-0.25, -0.2) is 9.78 Å². The molecule has 1 fully saturated rings. The van der Waals surface area contributed by atoms with E-state index >= 15 is 0 Å². The number of amides is 4. The van der Waals surface area contributed by atoms with Gasteiger partial charge >= 0.3 is 6.03 Å². The zero-order chi connectivity index (χ0) is 32.1. The number of piperazine rings is 1. The molecular weight excluding hydrogens is 686 g/mol. The Hall–Kier alpha value is -3.80. The molecule has 250 valence electrons. The Balaban J connectivity index is 0.00000300. The van der Waals surface area contributed by atoms with Crippen molar-refractivity contribution in [2.75, 3.05) is 57.0 Å². The fourth-order valence-electron chi connectivity index (χ4n) is 4.97. The minimum absolute atomic E-state index is 0. The molecule has 10 nitrogen and oxygen atoms in total. The summed E-state index contributed by atoms with van der Waals surface area (Å²) in [6.07, 6.45) is 0. The van der Waals surface area contributed by atoms with Crippen LogP contribution in [0.15, 0.2) is 66.7 Å². The van der Waals surface area contributed by atoms with Crippen LogP contribution in [-0.2, 0) is 11.4 Å². The number of hydrogen-bond donors (Lipinski definition) is 2. The highest BCUT2D eigenvalue weighted by atomic mass is 35.5. The molecule has 47 heavy (non-hydrogen) atoms. The number of halogens is 4. The number of benzene rings is 3. The van der Waals surface area contributed by atoms with E-state index in [2.05, 4.69) is 20.5 Å². The quantitative estimate of drug-likeness (QED) is 0.217. The van der Waals surface area contributed by atoms with Crippen LogP contribution in [0.1, 0.15) is 21.6 Å². The Kier molecular flexibility index (Phi) is 13.5. The molecule has 3 aromatic carbocycles. The van der Waals surface area contributed by atoms with Crippen molar-refractivity contribution >= 4 is 88.1 Å². The molecule has 0 unspecified atom stereocenters. The molecule has 1 aliphatic heterocycles. The van der Waals surface area contributed by atoms with Gasteiger partial charge in [-0.05, 0) is 56.4 Å². The predicted molar refractivity (Wildman–Crippen MR) is 192 cm³/mol. The number of aromatic nitrogens is 1. The van der Waals surface area contributed by atoms with Gasteiger partial charge in [0.2, 0.25) is 5.91 Å². The summed E-state index contributed by atoms with van der Waals surface area (Å²) >= 11 is 13.2. The number of carbonyl (C=O) groups is 3. The fourth-order valence-corrected chi connectivity index (χ4v) is 5.57. The standard InChI is InChI=1S/C33H34Cl2N6O4.2ClH/c1-21-10-11-22-6-5-9-28(31(22)37-21)45-20-25-26(34)12-13-27(30(25)35)40(3)29(42)19-36-33(44)38-24-8-4-7-23(18-24)32(43)41-16-14-39(2)15-17-41;;/h4-13,18H,14-17,19-20H2,1-3H3,(H2,36,38,44);2*1H. The monoisotopic (exact) mass is 720 g/mol. The summed E-state index contributed by atoms with van der Waals surface area (Å²) < 4.78 is 6.09. The van der Waals surface area contributed by atoms with Crippen LogP contribution in [0.2, 0.25) is 10.0 Å². The van der Waals surface area contributed by atoms with E-state index in [1.54, 1.807) is 48.3 Å². The van der Waals surface area contributed by atoms with E-state index in [1.165, 1.54) is 4.90 Å². The molecule has 4 amide bonds. The zero-order valence-corrected chi connectivity index (χ0v) is 29.2. The maximum atomic E-state index is 13.0. The van der Waals surface area contributed by atoms with Crippen LogP contribution in [0.5, 0.6) is 5.75 Å². The smallest absolute Gasteiger partial charge is 0.319 e. The summed E-state index contributed by atoms with van der Waals surface area (Å²) in [6, 6.07) is 19.0. The second-order valence-electron chi connectivity index (χ2n) is 10.9. The number of likely N-dealkylation sites (N-methyl/N-ethyl adjacent to an activating group) is 2. The largest absolute Gasteiger partial charge is 0.487 e. The van der Waals surface area contributed by atoms with Crippen LogP contribution < -0.4 is 20.3 Å². The SMILES string of the molecule is Cc1ccc2cccc(OCc3c(Cl)ccc(N(C)C(=O)CNC(=O)Nc4cccc(C(=O)N5CCN(C)CC5)c4)c3Cl)c2n1.Cl.Cl. The summed E-state index contributed by atoms with van der Waals surface area (Å²) in [7, 11) is 3.59. The van der Waals surface area contributed by atoms with Gasteiger partial charge in [0.1, 0.15) is 17.9 Å². The molecule has 2 heterocycles. The second-order valence-corrected chi connectivity index (χ2v) is 11.7. The lowest BCUT2D eigenvalue weighted by Gasteiger charge is -2.32. The third-order valence-electron chi connectivity index (χ3n) is 7.65. The normalized spacial score (nSPS) is 12.8. The molecule has 0 saturated carbocycles. The van der Waals surface area contributed by atoms with Crippen molar-refractivity contribution in [1.82, 2.24) is 20.1 Å². The minimum atomic E-state index is -0.587. The van der Waals surface area contributed by atoms with E-state index in [0.717, 1.165) is 29.7 Å². The first-order valence-corrected chi connectivity index (χ1v) is 15.2. The van der Waals surface area contributed by atoms with Gasteiger partial charge in [-0.2, -0.15) is 0 Å². The van der Waals surface area contributed by atoms with Crippen molar-refractivity contribution in [3.8, 4) is 5.75 Å². The molecular formula is C33H36Cl4N6O4. The Morgan fingerprint density at radius 1 is 0.957 bits per heavy atom. The molecule has 2 N–H and O–H groups in total. The molecule has 0 radical (unpaired) electrons. The number of nitrogens with zero attached hydrogens (tertiary/aromatic N) is 4. The van der Waals surface area contributed by atoms with E-state index < -0.39 is 11.9 Å². The zero-order valence-electron chi connectivity index (χ0n) is 26.1. The van der Waals surface area contributed by atoms with E-state index in [1.807, 2.05) is 44.3 Å². The topological polar surface area (TPSA) is 107 Å². The Bertz CT molecular complexity index is 1750. The van der Waals surface area contributed by atoms with Crippen LogP contribution in [0.4, 0.5) is 16.2 Å². The summed E-state index contributed by atoms with van der Waals surface area (Å²) in [6.45, 7) is 4.59. The average molecular weight is 723 g/mol. The fraction of sp³-hybridized carbons (Fsp3) is 0.273. The predicted octanol–water partition coefficient (Wildman–Crippen LogP) is 6.44. The lowest BCUT2D eigenvalue weighted by molar-refractivity contribution is -0.117. The molecule has 5 rings (SSSR count). The van der Waals surface area contributed by atoms with E-state index in [-0.39, 0.29) is 48.9 Å². The first kappa shape index (κ1) is 37.7. The molecule has 14 heteroatoms. The van der Waals surface area contributed by atoms with Crippen molar-refractivity contribution in [3.05, 3.63) is 93.6 Å². The molecule has 1 aromatic heterocycles. The molecule has 0 spiro atoms. The number of carbonyl (C=O) groups excluding carboxylic acids is 3. The Morgan fingerprint density at radius 2 is 1.68 bits per heavy atom. The molecule has 0 aliphatic carbocycles. The van der Waals surface area contributed by atoms with Crippen molar-refractivity contribution in [2.24, 2.45) is 0 Å². The number of para-hydroxylation sites is 1. The maximum Gasteiger partial charge on any atom is 0.319 e. The first-order valence-electron chi connectivity index (χ1n) is 14.5. The number of rotatable bonds is 8. The second kappa shape index (κ2) is 16.9. The highest BCUT2D eigenvalue weighted by Gasteiger charge is 2.22. The summed E-state index contributed by atoms with van der Waals surface area (Å²) in [5.74, 6) is 0.0917. The van der Waals surface area contributed by atoms with Gasteiger partial charge in [-0.3, -0.25) is 9.59 Å². The first-order chi connectivity index (χ1) is 21.6. The van der Waals surface area contributed by atoms with Gasteiger partial charge < -0.3 is 30.1 Å². The molecule has 4 aromatic rings. The summed E-state index contributed by atoms with van der Waals surface area (Å²) in [5.41, 5.74) is 3.44. The van der Waals surface area contributed by atoms with Crippen LogP contribution in [-0.4, -0.2) is 79.4 Å². The molecule has 0 atom stereocenters. The maximum absolute atomic E-state index is 13.0. The number of urea groups is 1. The van der Waals surface area contributed by atoms with Crippen molar-refractivity contribution in [1.29, 1.82) is 0 Å². The minimum Gasteiger partial charge on any atom is -0.487 e. The van der Waals surface area contributed by atoms with Gasteiger partial charge in [0.15, 0.2) is 0 Å². The number of fused-ring (bicyclic) bond motifs is 1. The summed E-state index contributed by atoms with van der Waals surface area (Å²) in [4.78, 5) is 48.5. The summed E-state index contributed by atoms with van der Waals surface area (Å²) in [5, 5.41) is 6.85. The van der Waals surface area contributed by atoms with Gasteiger partial charge in [0.05, 0.1) is 17.3 Å². The van der Waals surface area contributed by atoms with E-state index in [9.17, 15) is 14.4 Å². The number of aryl methyl sites for hydroxylation is 1. The number of ether oxygens (including phenoxy) is 1. The van der Waals surface area contributed by atoms with Gasteiger partial charge in [-0.15, -0.1) is 24.8 Å². The highest BCUT2D eigenvalue weighted by Crippen LogP contribution is 2.35. The van der Waals surface area contributed by atoms with E-state index in [4.69, 9.17) is 27.9 Å². The average Bonchev–Trinajstić information content (AvgIpc) is 3.03. The van der Waals surface area contributed by atoms with Crippen LogP contribution in [0, 0.1) is 6.92 Å². The van der Waals surface area contributed by atoms with Crippen molar-refractivity contribution < 1.29 is 19.1 Å². The molecule has 1 aliphatic rings. The Morgan fingerprint density at radius 3 is 2.43 bits per heavy atom. The van der Waals surface area contributed by atoms with Gasteiger partial charge in [0, 0.05) is 66.1 Å². The van der Waals surface area contributed by atoms with Crippen LogP contribution in [0.3, 0.4) is 0 Å². The lowest BCUT2D eigenvalue weighted by atomic mass is 10.1. The van der Waals surface area contributed by atoms with Gasteiger partial charge in [-0.1, -0.05) is 47.5 Å². The van der Waals surface area contributed by atoms with Crippen molar-refractivity contribution in [3.63, 3.8) is 0 Å². The lowest BCUT2D eigenvalue weighted by Crippen LogP contribution is -2.47. The molecule has 1 saturated heterocycles. The molecule has 0 bridgehead atoms. The number of anilines is 2.